The van der Waals surface area contributed by atoms with Gasteiger partial charge in [-0.2, -0.15) is 0 Å². The van der Waals surface area contributed by atoms with Gasteiger partial charge in [0.2, 0.25) is 0 Å². The minimum absolute atomic E-state index is 0.715. The van der Waals surface area contributed by atoms with Crippen LogP contribution >= 0.6 is 0 Å². The van der Waals surface area contributed by atoms with E-state index < -0.39 is 0 Å². The molecule has 0 radical (unpaired) electrons. The van der Waals surface area contributed by atoms with Crippen molar-refractivity contribution in [3.05, 3.63) is 0 Å². The van der Waals surface area contributed by atoms with Crippen LogP contribution in [0, 0.1) is 57.7 Å². The van der Waals surface area contributed by atoms with Crippen molar-refractivity contribution in [3.8, 4) is 0 Å². The minimum atomic E-state index is 0.715. The predicted octanol–water partition coefficient (Wildman–Crippen LogP) is 4.60. The Morgan fingerprint density at radius 1 is 0.833 bits per heavy atom. The average Bonchev–Trinajstić information content (AvgIpc) is 2.82. The summed E-state index contributed by atoms with van der Waals surface area (Å²) < 4.78 is 0. The summed E-state index contributed by atoms with van der Waals surface area (Å²) in [5.74, 6) is 7.60. The number of fused-ring (bicyclic) bond motifs is 11. The van der Waals surface area contributed by atoms with E-state index in [-0.39, 0.29) is 0 Å². The first-order valence-corrected chi connectivity index (χ1v) is 8.38. The molecule has 18 heavy (non-hydrogen) atoms. The molecule has 5 aliphatic carbocycles. The van der Waals surface area contributed by atoms with Gasteiger partial charge in [0.15, 0.2) is 0 Å². The first-order valence-electron chi connectivity index (χ1n) is 8.38. The van der Waals surface area contributed by atoms with Crippen molar-refractivity contribution in [3.63, 3.8) is 0 Å². The summed E-state index contributed by atoms with van der Waals surface area (Å²) in [4.78, 5) is 0. The highest BCUT2D eigenvalue weighted by Gasteiger charge is 2.90. The van der Waals surface area contributed by atoms with Crippen molar-refractivity contribution >= 4 is 0 Å². The quantitative estimate of drug-likeness (QED) is 0.584. The van der Waals surface area contributed by atoms with Gasteiger partial charge in [-0.3, -0.25) is 0 Å². The van der Waals surface area contributed by atoms with Crippen LogP contribution in [-0.4, -0.2) is 0 Å². The van der Waals surface area contributed by atoms with Crippen molar-refractivity contribution in [2.45, 2.75) is 53.9 Å². The molecule has 0 aliphatic heterocycles. The zero-order valence-corrected chi connectivity index (χ0v) is 12.7. The van der Waals surface area contributed by atoms with E-state index in [1.54, 1.807) is 19.3 Å². The predicted molar refractivity (Wildman–Crippen MR) is 74.0 cm³/mol. The molecule has 5 rings (SSSR count). The van der Waals surface area contributed by atoms with Crippen LogP contribution in [0.4, 0.5) is 0 Å². The summed E-state index contributed by atoms with van der Waals surface area (Å²) in [6, 6.07) is 0. The molecule has 0 heteroatoms. The normalized spacial score (nSPS) is 78.8. The summed E-state index contributed by atoms with van der Waals surface area (Å²) in [6.07, 6.45) is 4.69. The molecule has 5 saturated carbocycles. The Bertz CT molecular complexity index is 453. The van der Waals surface area contributed by atoms with Gasteiger partial charge >= 0.3 is 0 Å². The van der Waals surface area contributed by atoms with Crippen molar-refractivity contribution in [1.29, 1.82) is 0 Å². The van der Waals surface area contributed by atoms with E-state index in [1.165, 1.54) is 0 Å². The molecule has 0 heterocycles. The Morgan fingerprint density at radius 3 is 2.22 bits per heavy atom. The van der Waals surface area contributed by atoms with Gasteiger partial charge < -0.3 is 0 Å². The molecule has 2 bridgehead atoms. The first kappa shape index (κ1) is 10.7. The van der Waals surface area contributed by atoms with Crippen LogP contribution in [0.2, 0.25) is 0 Å². The highest BCUT2D eigenvalue weighted by Crippen LogP contribution is 2.95. The molecular formula is C18H28. The third-order valence-corrected chi connectivity index (χ3v) is 10.1. The summed E-state index contributed by atoms with van der Waals surface area (Å²) in [5.41, 5.74) is 2.16. The SMILES string of the molecule is CC1CC2CC1C1C3C4CC(C)C4(C)C3(C)C21C. The standard InChI is InChI=1S/C18H28/c1-9-6-11-8-12(9)14-15-13-7-10(2)16(13,3)18(15,5)17(11,14)4/h9-15H,6-8H2,1-5H3. The molecule has 10 unspecified atom stereocenters. The molecule has 0 aromatic heterocycles. The van der Waals surface area contributed by atoms with Crippen LogP contribution in [0.5, 0.6) is 0 Å². The number of hydrogen-bond donors (Lipinski definition) is 0. The third-order valence-electron chi connectivity index (χ3n) is 10.1. The van der Waals surface area contributed by atoms with Gasteiger partial charge in [0, 0.05) is 0 Å². The molecule has 5 aliphatic rings. The van der Waals surface area contributed by atoms with E-state index in [1.807, 2.05) is 0 Å². The van der Waals surface area contributed by atoms with Gasteiger partial charge in [0.25, 0.3) is 0 Å². The molecule has 5 fully saturated rings. The van der Waals surface area contributed by atoms with Gasteiger partial charge in [-0.05, 0) is 76.9 Å². The van der Waals surface area contributed by atoms with Crippen molar-refractivity contribution in [2.24, 2.45) is 57.7 Å². The van der Waals surface area contributed by atoms with Gasteiger partial charge in [-0.25, -0.2) is 0 Å². The van der Waals surface area contributed by atoms with E-state index in [0.29, 0.717) is 5.41 Å². The maximum absolute atomic E-state index is 2.71. The topological polar surface area (TPSA) is 0 Å². The molecule has 0 nitrogen and oxygen atoms in total. The molecule has 0 amide bonds. The number of hydrogen-bond acceptors (Lipinski definition) is 0. The Kier molecular flexibility index (Phi) is 1.47. The highest BCUT2D eigenvalue weighted by molar-refractivity contribution is 5.38. The Labute approximate surface area is 112 Å². The Hall–Kier alpha value is 0. The maximum Gasteiger partial charge on any atom is -0.0173 e. The molecule has 0 aromatic rings. The van der Waals surface area contributed by atoms with Crippen molar-refractivity contribution in [1.82, 2.24) is 0 Å². The van der Waals surface area contributed by atoms with Crippen LogP contribution in [0.25, 0.3) is 0 Å². The molecule has 100 valence electrons. The van der Waals surface area contributed by atoms with Crippen LogP contribution < -0.4 is 0 Å². The lowest BCUT2D eigenvalue weighted by atomic mass is 9.13. The minimum Gasteiger partial charge on any atom is -0.0622 e. The number of rotatable bonds is 0. The summed E-state index contributed by atoms with van der Waals surface area (Å²) >= 11 is 0. The zero-order chi connectivity index (χ0) is 12.7. The van der Waals surface area contributed by atoms with Gasteiger partial charge in [0.1, 0.15) is 0 Å². The third kappa shape index (κ3) is 0.623. The maximum atomic E-state index is 2.71. The lowest BCUT2D eigenvalue weighted by molar-refractivity contribution is -0.442. The largest absolute Gasteiger partial charge is 0.0622 e. The van der Waals surface area contributed by atoms with Gasteiger partial charge in [0.05, 0.1) is 0 Å². The fourth-order valence-electron chi connectivity index (χ4n) is 9.01. The summed E-state index contributed by atoms with van der Waals surface area (Å²) in [5, 5.41) is 0. The van der Waals surface area contributed by atoms with Crippen LogP contribution in [0.1, 0.15) is 53.9 Å². The van der Waals surface area contributed by atoms with Gasteiger partial charge in [-0.15, -0.1) is 0 Å². The lowest BCUT2D eigenvalue weighted by Crippen LogP contribution is -2.87. The fraction of sp³-hybridized carbons (Fsp3) is 1.00. The van der Waals surface area contributed by atoms with Gasteiger partial charge in [-0.1, -0.05) is 34.6 Å². The molecule has 0 saturated heterocycles. The molecule has 0 aromatic carbocycles. The highest BCUT2D eigenvalue weighted by atomic mass is 14.9. The fourth-order valence-corrected chi connectivity index (χ4v) is 9.01. The monoisotopic (exact) mass is 244 g/mol. The van der Waals surface area contributed by atoms with Crippen molar-refractivity contribution < 1.29 is 0 Å². The lowest BCUT2D eigenvalue weighted by Gasteiger charge is -2.91. The first-order chi connectivity index (χ1) is 8.38. The van der Waals surface area contributed by atoms with E-state index >= 15 is 0 Å². The van der Waals surface area contributed by atoms with E-state index in [4.69, 9.17) is 0 Å². The molecule has 10 atom stereocenters. The van der Waals surface area contributed by atoms with E-state index in [9.17, 15) is 0 Å². The van der Waals surface area contributed by atoms with Crippen LogP contribution in [0.3, 0.4) is 0 Å². The second-order valence-corrected chi connectivity index (χ2v) is 9.37. The Balaban J connectivity index is 1.63. The zero-order valence-electron chi connectivity index (χ0n) is 12.7. The Morgan fingerprint density at radius 2 is 1.56 bits per heavy atom. The average molecular weight is 244 g/mol. The second kappa shape index (κ2) is 2.47. The molecule has 0 spiro atoms. The summed E-state index contributed by atoms with van der Waals surface area (Å²) in [6.45, 7) is 13.1. The van der Waals surface area contributed by atoms with Crippen LogP contribution in [0.15, 0.2) is 0 Å². The second-order valence-electron chi connectivity index (χ2n) is 9.37. The van der Waals surface area contributed by atoms with Crippen molar-refractivity contribution in [2.75, 3.05) is 0 Å². The molecular weight excluding hydrogens is 216 g/mol. The smallest absolute Gasteiger partial charge is 0.0173 e. The van der Waals surface area contributed by atoms with E-state index in [0.717, 1.165) is 52.3 Å². The molecule has 0 N–H and O–H groups in total. The summed E-state index contributed by atoms with van der Waals surface area (Å²) in [7, 11) is 0. The van der Waals surface area contributed by atoms with Crippen LogP contribution in [-0.2, 0) is 0 Å². The van der Waals surface area contributed by atoms with E-state index in [2.05, 4.69) is 34.6 Å².